The Morgan fingerprint density at radius 2 is 0.674 bits per heavy atom. The van der Waals surface area contributed by atoms with Crippen LogP contribution < -0.4 is 21.3 Å². The van der Waals surface area contributed by atoms with Gasteiger partial charge in [0.2, 0.25) is 0 Å². The molecule has 277 valence electrons. The molecule has 46 heavy (non-hydrogen) atoms. The van der Waals surface area contributed by atoms with E-state index in [9.17, 15) is 0 Å². The van der Waals surface area contributed by atoms with Crippen LogP contribution in [0.1, 0.15) is 199 Å². The molecule has 4 N–H and O–H groups in total. The Morgan fingerprint density at radius 1 is 0.457 bits per heavy atom. The van der Waals surface area contributed by atoms with Crippen LogP contribution >= 0.6 is 0 Å². The van der Waals surface area contributed by atoms with Gasteiger partial charge in [-0.05, 0) is 166 Å². The molecule has 1 rings (SSSR count). The first-order valence-electron chi connectivity index (χ1n) is 17.9. The maximum absolute atomic E-state index is 3.46. The van der Waals surface area contributed by atoms with Crippen molar-refractivity contribution < 1.29 is 24.7 Å². The summed E-state index contributed by atoms with van der Waals surface area (Å²) in [5.41, 5.74) is 3.50. The molecule has 1 aliphatic rings. The molecule has 0 radical (unpaired) electrons. The first kappa shape index (κ1) is 53.0. The van der Waals surface area contributed by atoms with Crippen molar-refractivity contribution in [3.63, 3.8) is 0 Å². The molecule has 0 unspecified atom stereocenters. The molecule has 0 heterocycles. The second kappa shape index (κ2) is 21.4. The molecule has 0 saturated carbocycles. The van der Waals surface area contributed by atoms with E-state index in [1.165, 1.54) is 25.7 Å². The van der Waals surface area contributed by atoms with Gasteiger partial charge in [-0.2, -0.15) is 0 Å². The summed E-state index contributed by atoms with van der Waals surface area (Å²) < 4.78 is 1.67. The first-order valence-corrected chi connectivity index (χ1v) is 19.2. The number of hydrogen-bond acceptors (Lipinski definition) is 4. The maximum atomic E-state index is 3.46. The van der Waals surface area contributed by atoms with Crippen molar-refractivity contribution in [2.24, 2.45) is 0 Å². The van der Waals surface area contributed by atoms with E-state index in [0.717, 1.165) is 0 Å². The van der Waals surface area contributed by atoms with E-state index in [-0.39, 0.29) is 44.3 Å². The fourth-order valence-corrected chi connectivity index (χ4v) is 6.45. The minimum absolute atomic E-state index is 0.234. The third-order valence-corrected chi connectivity index (χ3v) is 6.12. The van der Waals surface area contributed by atoms with Crippen molar-refractivity contribution in [1.82, 2.24) is 21.3 Å². The van der Waals surface area contributed by atoms with E-state index in [4.69, 9.17) is 0 Å². The fraction of sp³-hybridized carbons (Fsp3) is 0.902. The average Bonchev–Trinajstić information content (AvgIpc) is 3.01. The van der Waals surface area contributed by atoms with Crippen LogP contribution in [-0.2, 0) is 24.7 Å². The standard InChI is InChI=1S/C9H13.4C8H19N.Zr/c1-2-3-6-9-7-4-5-8-9;4*1-7(2,3)9-8(4,5)6;/h4,7H,2-3,5-6H2,1H3;4*9H,1-6H3;. The Bertz CT molecular complexity index is 675. The molecule has 0 saturated heterocycles. The van der Waals surface area contributed by atoms with E-state index >= 15 is 0 Å². The van der Waals surface area contributed by atoms with E-state index in [1.54, 1.807) is 33.6 Å². The van der Waals surface area contributed by atoms with E-state index in [1.807, 2.05) is 0 Å². The molecular weight excluding hydrogens is 640 g/mol. The molecule has 4 nitrogen and oxygen atoms in total. The molecule has 0 aromatic carbocycles. The summed E-state index contributed by atoms with van der Waals surface area (Å²) in [6.07, 6.45) is 9.82. The SMILES string of the molecule is CC(C)(C)NC(C)(C)C.CC(C)(C)NC(C)(C)C.CC(C)(C)NC(C)(C)C.CC(C)(C)NC(C)(C)C.CCCCC1=[C]([Zr])CC=C1. The zero-order valence-electron chi connectivity index (χ0n) is 36.5. The van der Waals surface area contributed by atoms with Gasteiger partial charge in [0.25, 0.3) is 0 Å². The molecule has 1 aliphatic carbocycles. The van der Waals surface area contributed by atoms with Gasteiger partial charge in [-0.1, -0.05) is 0 Å². The number of rotatable bonds is 3. The van der Waals surface area contributed by atoms with Crippen LogP contribution in [0.5, 0.6) is 0 Å². The third kappa shape index (κ3) is 56.5. The Balaban J connectivity index is -0.000000240. The molecule has 5 heteroatoms. The van der Waals surface area contributed by atoms with Crippen molar-refractivity contribution in [3.05, 3.63) is 21.0 Å². The minimum atomic E-state index is 0.234. The predicted octanol–water partition coefficient (Wildman–Crippen LogP) is 11.6. The monoisotopic (exact) mass is 728 g/mol. The summed E-state index contributed by atoms with van der Waals surface area (Å²) in [6, 6.07) is 0. The zero-order valence-corrected chi connectivity index (χ0v) is 38.9. The molecule has 0 bridgehead atoms. The van der Waals surface area contributed by atoms with Gasteiger partial charge in [0.15, 0.2) is 0 Å². The van der Waals surface area contributed by atoms with E-state index in [2.05, 4.69) is 207 Å². The molecule has 0 fully saturated rings. The van der Waals surface area contributed by atoms with Gasteiger partial charge in [0.1, 0.15) is 0 Å². The van der Waals surface area contributed by atoms with Crippen molar-refractivity contribution in [2.75, 3.05) is 0 Å². The molecule has 0 aromatic rings. The van der Waals surface area contributed by atoms with Gasteiger partial charge < -0.3 is 21.3 Å². The van der Waals surface area contributed by atoms with Crippen molar-refractivity contribution >= 4 is 0 Å². The number of allylic oxidation sites excluding steroid dienone is 4. The van der Waals surface area contributed by atoms with Gasteiger partial charge in [-0.25, -0.2) is 0 Å². The quantitative estimate of drug-likeness (QED) is 0.234. The Morgan fingerprint density at radius 3 is 0.783 bits per heavy atom. The Hall–Kier alpha value is 0.203. The second-order valence-corrected chi connectivity index (χ2v) is 22.7. The van der Waals surface area contributed by atoms with Crippen LogP contribution in [0.25, 0.3) is 0 Å². The Labute approximate surface area is 308 Å². The number of hydrogen-bond donors (Lipinski definition) is 4. The molecule has 0 spiro atoms. The third-order valence-electron chi connectivity index (χ3n) is 4.83. The van der Waals surface area contributed by atoms with Crippen LogP contribution in [0, 0.1) is 0 Å². The van der Waals surface area contributed by atoms with E-state index < -0.39 is 0 Å². The number of nitrogens with one attached hydrogen (secondary N) is 4. The van der Waals surface area contributed by atoms with Crippen LogP contribution in [0.2, 0.25) is 0 Å². The average molecular weight is 729 g/mol. The summed E-state index contributed by atoms with van der Waals surface area (Å²) in [4.78, 5) is 0. The van der Waals surface area contributed by atoms with Gasteiger partial charge in [0.05, 0.1) is 0 Å². The molecular formula is C41H89N4Zr. The zero-order chi connectivity index (χ0) is 38.2. The van der Waals surface area contributed by atoms with Gasteiger partial charge in [0, 0.05) is 44.3 Å². The fourth-order valence-electron chi connectivity index (χ4n) is 5.65. The Kier molecular flexibility index (Phi) is 24.7. The normalized spacial score (nSPS) is 14.6. The molecule has 0 amide bonds. The first-order chi connectivity index (χ1) is 19.7. The van der Waals surface area contributed by atoms with Crippen molar-refractivity contribution in [1.29, 1.82) is 0 Å². The summed E-state index contributed by atoms with van der Waals surface area (Å²) in [7, 11) is 0. The predicted molar refractivity (Wildman–Crippen MR) is 211 cm³/mol. The summed E-state index contributed by atoms with van der Waals surface area (Å²) in [6.45, 7) is 54.5. The molecule has 0 aromatic heterocycles. The van der Waals surface area contributed by atoms with Gasteiger partial charge in [-0.15, -0.1) is 0 Å². The van der Waals surface area contributed by atoms with Crippen molar-refractivity contribution in [2.45, 2.75) is 243 Å². The van der Waals surface area contributed by atoms with E-state index in [0.29, 0.717) is 0 Å². The second-order valence-electron chi connectivity index (χ2n) is 21.2. The van der Waals surface area contributed by atoms with Gasteiger partial charge in [-0.3, -0.25) is 0 Å². The number of unbranched alkanes of at least 4 members (excludes halogenated alkanes) is 1. The summed E-state index contributed by atoms with van der Waals surface area (Å²) in [5.74, 6) is 0. The topological polar surface area (TPSA) is 48.1 Å². The molecule has 0 aliphatic heterocycles. The van der Waals surface area contributed by atoms with Crippen molar-refractivity contribution in [3.8, 4) is 0 Å². The van der Waals surface area contributed by atoms with Gasteiger partial charge >= 0.3 is 78.3 Å². The summed E-state index contributed by atoms with van der Waals surface area (Å²) in [5, 5.41) is 13.8. The van der Waals surface area contributed by atoms with Crippen LogP contribution in [0.4, 0.5) is 0 Å². The molecule has 0 atom stereocenters. The van der Waals surface area contributed by atoms with Crippen LogP contribution in [0.15, 0.2) is 21.0 Å². The van der Waals surface area contributed by atoms with Crippen LogP contribution in [-0.4, -0.2) is 44.3 Å². The van der Waals surface area contributed by atoms with Crippen LogP contribution in [0.3, 0.4) is 0 Å². The summed E-state index contributed by atoms with van der Waals surface area (Å²) >= 11 is 1.61.